The second kappa shape index (κ2) is 6.08. The Morgan fingerprint density at radius 1 is 1.00 bits per heavy atom. The molecule has 21 heavy (non-hydrogen) atoms. The Balaban J connectivity index is 2.08. The highest BCUT2D eigenvalue weighted by Crippen LogP contribution is 2.30. The van der Waals surface area contributed by atoms with Crippen molar-refractivity contribution in [1.82, 2.24) is 0 Å². The van der Waals surface area contributed by atoms with E-state index in [2.05, 4.69) is 6.92 Å². The Kier molecular flexibility index (Phi) is 4.40. The minimum atomic E-state index is -4.33. The van der Waals surface area contributed by atoms with Gasteiger partial charge < -0.3 is 9.47 Å². The normalized spacial score (nSPS) is 11.3. The maximum atomic E-state index is 12.5. The monoisotopic (exact) mass is 295 g/mol. The number of halogens is 3. The number of methoxy groups -OCH3 is 1. The third-order valence-electron chi connectivity index (χ3n) is 2.90. The maximum Gasteiger partial charge on any atom is 0.416 e. The second-order valence-electron chi connectivity index (χ2n) is 4.47. The van der Waals surface area contributed by atoms with E-state index in [0.29, 0.717) is 17.1 Å². The summed E-state index contributed by atoms with van der Waals surface area (Å²) in [6, 6.07) is 10.1. The third kappa shape index (κ3) is 3.90. The van der Waals surface area contributed by atoms with E-state index in [0.717, 1.165) is 17.7 Å². The first kappa shape index (κ1) is 15.2. The minimum absolute atomic E-state index is 0.151. The van der Waals surface area contributed by atoms with Gasteiger partial charge in [0.15, 0.2) is 11.5 Å². The molecule has 0 aliphatic carbocycles. The average molecular weight is 295 g/mol. The lowest BCUT2D eigenvalue weighted by Gasteiger charge is -2.12. The second-order valence-corrected chi connectivity index (χ2v) is 4.47. The zero-order chi connectivity index (χ0) is 15.5. The van der Waals surface area contributed by atoms with Crippen molar-refractivity contribution < 1.29 is 22.6 Å². The van der Waals surface area contributed by atoms with Crippen molar-refractivity contribution >= 4 is 0 Å². The lowest BCUT2D eigenvalue weighted by Crippen LogP contribution is -2.05. The summed E-state index contributed by atoms with van der Waals surface area (Å²) >= 11 is 0. The van der Waals surface area contributed by atoms with Crippen LogP contribution in [0.1, 0.15) is 16.7 Å². The zero-order valence-electron chi connectivity index (χ0n) is 11.4. The summed E-state index contributed by atoms with van der Waals surface area (Å²) in [4.78, 5) is 0. The first-order valence-corrected chi connectivity index (χ1v) is 6.19. The molecule has 2 rings (SSSR count). The van der Waals surface area contributed by atoms with Gasteiger partial charge in [-0.05, 0) is 42.3 Å². The van der Waals surface area contributed by atoms with Crippen molar-refractivity contribution in [3.63, 3.8) is 0 Å². The van der Waals surface area contributed by atoms with E-state index in [4.69, 9.17) is 9.47 Å². The minimum Gasteiger partial charge on any atom is -0.493 e. The summed E-state index contributed by atoms with van der Waals surface area (Å²) < 4.78 is 48.1. The molecule has 0 bridgehead atoms. The van der Waals surface area contributed by atoms with Crippen LogP contribution in [0.3, 0.4) is 0 Å². The van der Waals surface area contributed by atoms with Gasteiger partial charge in [-0.25, -0.2) is 0 Å². The molecule has 2 aromatic carbocycles. The standard InChI is InChI=1S/C16H14F3O2/c1-11-3-8-14(20-2)15(9-11)21-10-12-4-6-13(7-5-12)16(17,18)19/h3-9H,1,10H2,2H3. The van der Waals surface area contributed by atoms with E-state index < -0.39 is 11.7 Å². The van der Waals surface area contributed by atoms with E-state index in [1.807, 2.05) is 0 Å². The van der Waals surface area contributed by atoms with Crippen molar-refractivity contribution in [3.8, 4) is 11.5 Å². The molecule has 0 saturated heterocycles. The zero-order valence-corrected chi connectivity index (χ0v) is 11.4. The number of alkyl halides is 3. The smallest absolute Gasteiger partial charge is 0.416 e. The fourth-order valence-corrected chi connectivity index (χ4v) is 1.78. The van der Waals surface area contributed by atoms with Gasteiger partial charge in [-0.3, -0.25) is 0 Å². The molecule has 0 spiro atoms. The Morgan fingerprint density at radius 3 is 2.24 bits per heavy atom. The van der Waals surface area contributed by atoms with Crippen LogP contribution in [-0.2, 0) is 12.8 Å². The molecule has 111 valence electrons. The van der Waals surface area contributed by atoms with E-state index in [1.165, 1.54) is 19.2 Å². The lowest BCUT2D eigenvalue weighted by atomic mass is 10.1. The van der Waals surface area contributed by atoms with E-state index in [1.54, 1.807) is 18.2 Å². The Labute approximate surface area is 121 Å². The number of hydrogen-bond donors (Lipinski definition) is 0. The number of benzene rings is 2. The van der Waals surface area contributed by atoms with Crippen LogP contribution in [0.15, 0.2) is 42.5 Å². The van der Waals surface area contributed by atoms with Gasteiger partial charge in [0, 0.05) is 0 Å². The number of hydrogen-bond acceptors (Lipinski definition) is 2. The lowest BCUT2D eigenvalue weighted by molar-refractivity contribution is -0.137. The highest BCUT2D eigenvalue weighted by Gasteiger charge is 2.29. The maximum absolute atomic E-state index is 12.5. The topological polar surface area (TPSA) is 18.5 Å². The van der Waals surface area contributed by atoms with Gasteiger partial charge in [0.2, 0.25) is 0 Å². The van der Waals surface area contributed by atoms with Gasteiger partial charge in [0.1, 0.15) is 6.61 Å². The molecule has 2 nitrogen and oxygen atoms in total. The van der Waals surface area contributed by atoms with Crippen LogP contribution in [-0.4, -0.2) is 7.11 Å². The highest BCUT2D eigenvalue weighted by molar-refractivity contribution is 5.43. The summed E-state index contributed by atoms with van der Waals surface area (Å²) in [5.41, 5.74) is 0.723. The van der Waals surface area contributed by atoms with Gasteiger partial charge in [-0.1, -0.05) is 18.2 Å². The Hall–Kier alpha value is -2.17. The van der Waals surface area contributed by atoms with Crippen LogP contribution in [0.4, 0.5) is 13.2 Å². The molecule has 0 aliphatic heterocycles. The summed E-state index contributed by atoms with van der Waals surface area (Å²) in [7, 11) is 1.52. The molecule has 0 aromatic heterocycles. The molecular formula is C16H14F3O2. The van der Waals surface area contributed by atoms with Gasteiger partial charge >= 0.3 is 6.18 Å². The largest absolute Gasteiger partial charge is 0.493 e. The van der Waals surface area contributed by atoms with Crippen molar-refractivity contribution in [2.45, 2.75) is 12.8 Å². The quantitative estimate of drug-likeness (QED) is 0.828. The Morgan fingerprint density at radius 2 is 1.67 bits per heavy atom. The Bertz CT molecular complexity index is 604. The number of ether oxygens (including phenoxy) is 2. The summed E-state index contributed by atoms with van der Waals surface area (Å²) in [5, 5.41) is 0. The van der Waals surface area contributed by atoms with Crippen molar-refractivity contribution in [3.05, 3.63) is 66.1 Å². The molecule has 0 N–H and O–H groups in total. The van der Waals surface area contributed by atoms with Crippen LogP contribution >= 0.6 is 0 Å². The number of rotatable bonds is 4. The molecule has 0 aliphatic rings. The molecule has 0 unspecified atom stereocenters. The predicted molar refractivity (Wildman–Crippen MR) is 73.2 cm³/mol. The van der Waals surface area contributed by atoms with Crippen LogP contribution in [0, 0.1) is 6.92 Å². The van der Waals surface area contributed by atoms with Gasteiger partial charge in [0.05, 0.1) is 12.7 Å². The molecule has 0 atom stereocenters. The fourth-order valence-electron chi connectivity index (χ4n) is 1.78. The van der Waals surface area contributed by atoms with Crippen LogP contribution in [0.2, 0.25) is 0 Å². The van der Waals surface area contributed by atoms with Crippen LogP contribution < -0.4 is 9.47 Å². The van der Waals surface area contributed by atoms with E-state index in [-0.39, 0.29) is 6.61 Å². The van der Waals surface area contributed by atoms with E-state index in [9.17, 15) is 13.2 Å². The van der Waals surface area contributed by atoms with E-state index >= 15 is 0 Å². The first-order chi connectivity index (χ1) is 9.90. The fraction of sp³-hybridized carbons (Fsp3) is 0.188. The molecule has 0 amide bonds. The SMILES string of the molecule is [CH2]c1ccc(OC)c(OCc2ccc(C(F)(F)F)cc2)c1. The first-order valence-electron chi connectivity index (χ1n) is 6.19. The summed E-state index contributed by atoms with van der Waals surface area (Å²) in [6.07, 6.45) is -4.33. The average Bonchev–Trinajstić information content (AvgIpc) is 2.45. The van der Waals surface area contributed by atoms with Crippen LogP contribution in [0.5, 0.6) is 11.5 Å². The summed E-state index contributed by atoms with van der Waals surface area (Å²) in [6.45, 7) is 3.94. The summed E-state index contributed by atoms with van der Waals surface area (Å²) in [5.74, 6) is 1.05. The highest BCUT2D eigenvalue weighted by atomic mass is 19.4. The molecule has 0 heterocycles. The third-order valence-corrected chi connectivity index (χ3v) is 2.90. The molecule has 5 heteroatoms. The molecule has 0 fully saturated rings. The van der Waals surface area contributed by atoms with Crippen molar-refractivity contribution in [1.29, 1.82) is 0 Å². The van der Waals surface area contributed by atoms with Crippen LogP contribution in [0.25, 0.3) is 0 Å². The van der Waals surface area contributed by atoms with Gasteiger partial charge in [-0.2, -0.15) is 13.2 Å². The van der Waals surface area contributed by atoms with Crippen molar-refractivity contribution in [2.75, 3.05) is 7.11 Å². The molecular weight excluding hydrogens is 281 g/mol. The molecule has 2 aromatic rings. The van der Waals surface area contributed by atoms with Crippen molar-refractivity contribution in [2.24, 2.45) is 0 Å². The molecule has 0 saturated carbocycles. The molecule has 1 radical (unpaired) electrons. The van der Waals surface area contributed by atoms with Gasteiger partial charge in [-0.15, -0.1) is 0 Å². The predicted octanol–water partition coefficient (Wildman–Crippen LogP) is 4.48. The van der Waals surface area contributed by atoms with Gasteiger partial charge in [0.25, 0.3) is 0 Å².